The molecule has 0 aromatic carbocycles. The van der Waals surface area contributed by atoms with Crippen molar-refractivity contribution < 1.29 is 0 Å². The minimum Gasteiger partial charge on any atom is -0.369 e. The molecule has 0 bridgehead atoms. The highest BCUT2D eigenvalue weighted by Gasteiger charge is 2.42. The van der Waals surface area contributed by atoms with E-state index in [1.54, 1.807) is 0 Å². The highest BCUT2D eigenvalue weighted by molar-refractivity contribution is 5.59. The number of aromatic nitrogens is 5. The van der Waals surface area contributed by atoms with Gasteiger partial charge in [0.25, 0.3) is 0 Å². The second-order valence-corrected chi connectivity index (χ2v) is 9.54. The van der Waals surface area contributed by atoms with E-state index >= 15 is 0 Å². The molecule has 3 aromatic rings. The van der Waals surface area contributed by atoms with Crippen LogP contribution in [0.5, 0.6) is 0 Å². The summed E-state index contributed by atoms with van der Waals surface area (Å²) in [6.07, 6.45) is 7.70. The molecule has 7 nitrogen and oxygen atoms in total. The molecule has 7 heteroatoms. The third kappa shape index (κ3) is 4.26. The Labute approximate surface area is 190 Å². The van der Waals surface area contributed by atoms with E-state index in [1.807, 2.05) is 49.2 Å². The standard InChI is InChI=1S/C25H33N7/c1-17-5-4-11-26-23(17)16-32-14-20-7-6-19(21(20)15-32)10-12-27-24-9-8-22(29-30-24)25-18(2)13-28-31(25)3/h4-5,8-9,11,13,19-21H,6-7,10,12,14-16H2,1-3H3,(H,27,30). The number of rotatable bonds is 7. The molecular formula is C25H33N7. The predicted molar refractivity (Wildman–Crippen MR) is 126 cm³/mol. The molecule has 0 spiro atoms. The molecule has 32 heavy (non-hydrogen) atoms. The summed E-state index contributed by atoms with van der Waals surface area (Å²) in [5.74, 6) is 3.32. The highest BCUT2D eigenvalue weighted by atomic mass is 15.3. The van der Waals surface area contributed by atoms with Crippen molar-refractivity contribution in [3.63, 3.8) is 0 Å². The Morgan fingerprint density at radius 2 is 1.97 bits per heavy atom. The number of nitrogens with zero attached hydrogens (tertiary/aromatic N) is 6. The summed E-state index contributed by atoms with van der Waals surface area (Å²) in [5, 5.41) is 16.6. The number of pyridine rings is 1. The van der Waals surface area contributed by atoms with Crippen LogP contribution in [0.3, 0.4) is 0 Å². The van der Waals surface area contributed by atoms with Gasteiger partial charge in [-0.15, -0.1) is 10.2 Å². The van der Waals surface area contributed by atoms with Crippen LogP contribution in [0.4, 0.5) is 5.82 Å². The minimum absolute atomic E-state index is 0.798. The molecule has 4 heterocycles. The van der Waals surface area contributed by atoms with Crippen molar-refractivity contribution in [2.45, 2.75) is 39.7 Å². The molecule has 168 valence electrons. The summed E-state index contributed by atoms with van der Waals surface area (Å²) in [4.78, 5) is 7.22. The molecule has 1 N–H and O–H groups in total. The van der Waals surface area contributed by atoms with Gasteiger partial charge >= 0.3 is 0 Å². The van der Waals surface area contributed by atoms with Crippen LogP contribution in [0.25, 0.3) is 11.4 Å². The summed E-state index contributed by atoms with van der Waals surface area (Å²) in [7, 11) is 1.94. The summed E-state index contributed by atoms with van der Waals surface area (Å²) < 4.78 is 1.85. The van der Waals surface area contributed by atoms with E-state index in [1.165, 1.54) is 43.6 Å². The lowest BCUT2D eigenvalue weighted by atomic mass is 9.90. The number of aryl methyl sites for hydroxylation is 3. The van der Waals surface area contributed by atoms with E-state index in [0.29, 0.717) is 0 Å². The third-order valence-corrected chi connectivity index (χ3v) is 7.42. The maximum Gasteiger partial charge on any atom is 0.148 e. The highest BCUT2D eigenvalue weighted by Crippen LogP contribution is 2.44. The molecule has 1 saturated carbocycles. The fourth-order valence-corrected chi connectivity index (χ4v) is 5.71. The maximum atomic E-state index is 4.60. The van der Waals surface area contributed by atoms with Crippen molar-refractivity contribution in [3.05, 3.63) is 53.5 Å². The first-order chi connectivity index (χ1) is 15.6. The zero-order chi connectivity index (χ0) is 22.1. The molecule has 0 radical (unpaired) electrons. The number of hydrogen-bond acceptors (Lipinski definition) is 6. The van der Waals surface area contributed by atoms with Gasteiger partial charge in [0.1, 0.15) is 11.5 Å². The minimum atomic E-state index is 0.798. The first-order valence-electron chi connectivity index (χ1n) is 11.8. The molecule has 2 aliphatic rings. The first kappa shape index (κ1) is 21.1. The molecule has 3 atom stereocenters. The SMILES string of the molecule is Cc1cccnc1CN1CC2CCC(CCNc3ccc(-c4c(C)cnn4C)nn3)C2C1. The van der Waals surface area contributed by atoms with E-state index in [-0.39, 0.29) is 0 Å². The number of hydrogen-bond donors (Lipinski definition) is 1. The van der Waals surface area contributed by atoms with E-state index < -0.39 is 0 Å². The molecule has 3 unspecified atom stereocenters. The van der Waals surface area contributed by atoms with Crippen LogP contribution in [0.15, 0.2) is 36.7 Å². The number of anilines is 1. The van der Waals surface area contributed by atoms with Gasteiger partial charge in [0, 0.05) is 39.4 Å². The summed E-state index contributed by atoms with van der Waals surface area (Å²) in [5.41, 5.74) is 5.53. The van der Waals surface area contributed by atoms with Crippen molar-refractivity contribution in [3.8, 4) is 11.4 Å². The Morgan fingerprint density at radius 3 is 2.72 bits per heavy atom. The Bertz CT molecular complexity index is 1040. The van der Waals surface area contributed by atoms with Gasteiger partial charge in [0.2, 0.25) is 0 Å². The average Bonchev–Trinajstić information content (AvgIpc) is 3.46. The Kier molecular flexibility index (Phi) is 5.91. The lowest BCUT2D eigenvalue weighted by Crippen LogP contribution is -2.24. The Hall–Kier alpha value is -2.80. The fraction of sp³-hybridized carbons (Fsp3) is 0.520. The number of likely N-dealkylation sites (tertiary alicyclic amines) is 1. The molecule has 1 aliphatic heterocycles. The molecule has 0 amide bonds. The molecule has 5 rings (SSSR count). The zero-order valence-electron chi connectivity index (χ0n) is 19.3. The smallest absolute Gasteiger partial charge is 0.148 e. The van der Waals surface area contributed by atoms with Gasteiger partial charge in [0.15, 0.2) is 0 Å². The second kappa shape index (κ2) is 8.98. The lowest BCUT2D eigenvalue weighted by molar-refractivity contribution is 0.275. The summed E-state index contributed by atoms with van der Waals surface area (Å²) in [6, 6.07) is 8.25. The number of fused-ring (bicyclic) bond motifs is 1. The lowest BCUT2D eigenvalue weighted by Gasteiger charge is -2.21. The normalized spacial score (nSPS) is 22.9. The van der Waals surface area contributed by atoms with Crippen molar-refractivity contribution >= 4 is 5.82 Å². The Morgan fingerprint density at radius 1 is 1.06 bits per heavy atom. The average molecular weight is 432 g/mol. The zero-order valence-corrected chi connectivity index (χ0v) is 19.3. The van der Waals surface area contributed by atoms with Gasteiger partial charge < -0.3 is 5.32 Å². The van der Waals surface area contributed by atoms with Crippen LogP contribution in [-0.2, 0) is 13.6 Å². The van der Waals surface area contributed by atoms with Gasteiger partial charge in [-0.3, -0.25) is 14.6 Å². The third-order valence-electron chi connectivity index (χ3n) is 7.42. The van der Waals surface area contributed by atoms with Crippen molar-refractivity contribution in [1.29, 1.82) is 0 Å². The van der Waals surface area contributed by atoms with Crippen molar-refractivity contribution in [2.75, 3.05) is 25.0 Å². The van der Waals surface area contributed by atoms with E-state index in [9.17, 15) is 0 Å². The molecule has 1 aliphatic carbocycles. The van der Waals surface area contributed by atoms with Gasteiger partial charge in [-0.2, -0.15) is 5.10 Å². The van der Waals surface area contributed by atoms with Crippen molar-refractivity contribution in [2.24, 2.45) is 24.8 Å². The molecular weight excluding hydrogens is 398 g/mol. The second-order valence-electron chi connectivity index (χ2n) is 9.54. The maximum absolute atomic E-state index is 4.60. The molecule has 3 aromatic heterocycles. The van der Waals surface area contributed by atoms with Crippen LogP contribution in [-0.4, -0.2) is 49.5 Å². The quantitative estimate of drug-likeness (QED) is 0.613. The molecule has 2 fully saturated rings. The van der Waals surface area contributed by atoms with Crippen molar-refractivity contribution in [1.82, 2.24) is 29.9 Å². The summed E-state index contributed by atoms with van der Waals surface area (Å²) >= 11 is 0. The van der Waals surface area contributed by atoms with E-state index in [0.717, 1.165) is 53.6 Å². The van der Waals surface area contributed by atoms with Gasteiger partial charge in [-0.1, -0.05) is 6.07 Å². The fourth-order valence-electron chi connectivity index (χ4n) is 5.71. The monoisotopic (exact) mass is 431 g/mol. The van der Waals surface area contributed by atoms with Crippen LogP contribution >= 0.6 is 0 Å². The molecule has 1 saturated heterocycles. The first-order valence-corrected chi connectivity index (χ1v) is 11.8. The van der Waals surface area contributed by atoms with Gasteiger partial charge in [0.05, 0.1) is 17.6 Å². The van der Waals surface area contributed by atoms with Crippen LogP contribution < -0.4 is 5.32 Å². The van der Waals surface area contributed by atoms with E-state index in [4.69, 9.17) is 0 Å². The van der Waals surface area contributed by atoms with Crippen LogP contribution in [0, 0.1) is 31.6 Å². The number of nitrogens with one attached hydrogen (secondary N) is 1. The Balaban J connectivity index is 1.12. The topological polar surface area (TPSA) is 71.8 Å². The predicted octanol–water partition coefficient (Wildman–Crippen LogP) is 3.85. The van der Waals surface area contributed by atoms with Crippen LogP contribution in [0.2, 0.25) is 0 Å². The largest absolute Gasteiger partial charge is 0.369 e. The summed E-state index contributed by atoms with van der Waals surface area (Å²) in [6.45, 7) is 8.59. The van der Waals surface area contributed by atoms with Gasteiger partial charge in [-0.05, 0) is 80.2 Å². The van der Waals surface area contributed by atoms with Gasteiger partial charge in [-0.25, -0.2) is 0 Å². The van der Waals surface area contributed by atoms with Crippen LogP contribution in [0.1, 0.15) is 36.1 Å². The van der Waals surface area contributed by atoms with E-state index in [2.05, 4.69) is 43.5 Å².